The molecule has 1 aliphatic rings. The van der Waals surface area contributed by atoms with Crippen LogP contribution in [0.1, 0.15) is 5.82 Å². The van der Waals surface area contributed by atoms with E-state index in [-0.39, 0.29) is 0 Å². The molecular weight excluding hydrogens is 264 g/mol. The zero-order valence-corrected chi connectivity index (χ0v) is 11.3. The van der Waals surface area contributed by atoms with Crippen molar-refractivity contribution in [1.29, 1.82) is 0 Å². The van der Waals surface area contributed by atoms with Gasteiger partial charge in [0.1, 0.15) is 18.0 Å². The molecule has 2 aromatic rings. The minimum Gasteiger partial charge on any atom is -0.347 e. The second-order valence-corrected chi connectivity index (χ2v) is 4.88. The summed E-state index contributed by atoms with van der Waals surface area (Å²) in [5.41, 5.74) is 2.57. The summed E-state index contributed by atoms with van der Waals surface area (Å²) in [5.74, 6) is 7.84. The van der Waals surface area contributed by atoms with Crippen molar-refractivity contribution in [2.75, 3.05) is 23.1 Å². The van der Waals surface area contributed by atoms with Crippen LogP contribution in [0.15, 0.2) is 17.6 Å². The quantitative estimate of drug-likeness (QED) is 0.353. The van der Waals surface area contributed by atoms with Gasteiger partial charge in [-0.1, -0.05) is 11.8 Å². The van der Waals surface area contributed by atoms with Crippen molar-refractivity contribution in [2.24, 2.45) is 5.84 Å². The number of aromatic nitrogens is 5. The Balaban J connectivity index is 1.90. The molecule has 0 bridgehead atoms. The molecule has 2 aromatic heterocycles. The number of anilines is 2. The maximum Gasteiger partial charge on any atom is 0.191 e. The van der Waals surface area contributed by atoms with E-state index >= 15 is 0 Å². The number of nitrogens with one attached hydrogen (secondary N) is 1. The maximum atomic E-state index is 5.44. The van der Waals surface area contributed by atoms with Crippen LogP contribution < -0.4 is 16.2 Å². The smallest absolute Gasteiger partial charge is 0.191 e. The fourth-order valence-electron chi connectivity index (χ4n) is 2.00. The molecule has 0 spiro atoms. The van der Waals surface area contributed by atoms with Gasteiger partial charge in [0.25, 0.3) is 0 Å². The van der Waals surface area contributed by atoms with Gasteiger partial charge in [-0.25, -0.2) is 15.8 Å². The van der Waals surface area contributed by atoms with Crippen LogP contribution in [-0.2, 0) is 13.1 Å². The van der Waals surface area contributed by atoms with E-state index in [4.69, 9.17) is 5.84 Å². The van der Waals surface area contributed by atoms with E-state index in [0.29, 0.717) is 17.5 Å². The fourth-order valence-corrected chi connectivity index (χ4v) is 2.38. The van der Waals surface area contributed by atoms with E-state index < -0.39 is 0 Å². The predicted molar refractivity (Wildman–Crippen MR) is 72.7 cm³/mol. The molecule has 0 radical (unpaired) electrons. The van der Waals surface area contributed by atoms with Crippen molar-refractivity contribution < 1.29 is 0 Å². The molecule has 3 rings (SSSR count). The summed E-state index contributed by atoms with van der Waals surface area (Å²) in [4.78, 5) is 10.9. The SMILES string of the molecule is CSc1nc(NN)cc(N2CCn3cnnc3C2)n1. The van der Waals surface area contributed by atoms with E-state index in [0.717, 1.165) is 24.7 Å². The molecule has 1 aliphatic heterocycles. The normalized spacial score (nSPS) is 14.3. The second-order valence-electron chi connectivity index (χ2n) is 4.10. The van der Waals surface area contributed by atoms with Gasteiger partial charge in [0.2, 0.25) is 0 Å². The Morgan fingerprint density at radius 2 is 2.26 bits per heavy atom. The van der Waals surface area contributed by atoms with Gasteiger partial charge >= 0.3 is 0 Å². The molecule has 0 saturated heterocycles. The number of nitrogen functional groups attached to an aromatic ring is 1. The van der Waals surface area contributed by atoms with Gasteiger partial charge in [-0.2, -0.15) is 0 Å². The highest BCUT2D eigenvalue weighted by atomic mass is 32.2. The summed E-state index contributed by atoms with van der Waals surface area (Å²) in [6.07, 6.45) is 3.69. The largest absolute Gasteiger partial charge is 0.347 e. The summed E-state index contributed by atoms with van der Waals surface area (Å²) in [6.45, 7) is 2.40. The molecular formula is C10H14N8S. The summed E-state index contributed by atoms with van der Waals surface area (Å²) >= 11 is 1.49. The van der Waals surface area contributed by atoms with E-state index in [1.807, 2.05) is 12.3 Å². The standard InChI is InChI=1S/C10H14N8S/c1-19-10-13-7(15-11)4-8(14-10)17-2-3-18-6-12-16-9(18)5-17/h4,6H,2-3,5,11H2,1H3,(H,13,14,15). The summed E-state index contributed by atoms with van der Waals surface area (Å²) in [6, 6.07) is 1.84. The highest BCUT2D eigenvalue weighted by molar-refractivity contribution is 7.98. The van der Waals surface area contributed by atoms with Gasteiger partial charge in [0, 0.05) is 19.2 Å². The number of hydrazine groups is 1. The van der Waals surface area contributed by atoms with Crippen LogP contribution in [0, 0.1) is 0 Å². The number of thioether (sulfide) groups is 1. The first-order chi connectivity index (χ1) is 9.30. The molecule has 8 nitrogen and oxygen atoms in total. The van der Waals surface area contributed by atoms with Crippen LogP contribution in [0.4, 0.5) is 11.6 Å². The number of hydrogen-bond acceptors (Lipinski definition) is 8. The van der Waals surface area contributed by atoms with Crippen LogP contribution in [-0.4, -0.2) is 37.5 Å². The van der Waals surface area contributed by atoms with Crippen molar-refractivity contribution in [3.8, 4) is 0 Å². The van der Waals surface area contributed by atoms with E-state index in [1.165, 1.54) is 11.8 Å². The molecule has 0 fully saturated rings. The van der Waals surface area contributed by atoms with Crippen molar-refractivity contribution >= 4 is 23.4 Å². The third-order valence-corrected chi connectivity index (χ3v) is 3.53. The Kier molecular flexibility index (Phi) is 3.22. The van der Waals surface area contributed by atoms with Crippen LogP contribution >= 0.6 is 11.8 Å². The summed E-state index contributed by atoms with van der Waals surface area (Å²) in [7, 11) is 0. The first-order valence-electron chi connectivity index (χ1n) is 5.81. The van der Waals surface area contributed by atoms with Crippen LogP contribution in [0.5, 0.6) is 0 Å². The first-order valence-corrected chi connectivity index (χ1v) is 7.04. The Labute approximate surface area is 114 Å². The number of nitrogens with zero attached hydrogens (tertiary/aromatic N) is 6. The van der Waals surface area contributed by atoms with Crippen molar-refractivity contribution in [1.82, 2.24) is 24.7 Å². The second kappa shape index (κ2) is 5.02. The van der Waals surface area contributed by atoms with Gasteiger partial charge in [-0.15, -0.1) is 10.2 Å². The van der Waals surface area contributed by atoms with Crippen molar-refractivity contribution in [3.05, 3.63) is 18.2 Å². The van der Waals surface area contributed by atoms with Crippen LogP contribution in [0.25, 0.3) is 0 Å². The third kappa shape index (κ3) is 2.34. The lowest BCUT2D eigenvalue weighted by Crippen LogP contribution is -2.34. The molecule has 100 valence electrons. The Morgan fingerprint density at radius 1 is 1.37 bits per heavy atom. The van der Waals surface area contributed by atoms with E-state index in [9.17, 15) is 0 Å². The van der Waals surface area contributed by atoms with Gasteiger partial charge in [-0.05, 0) is 6.26 Å². The molecule has 0 atom stereocenters. The highest BCUT2D eigenvalue weighted by Gasteiger charge is 2.19. The fraction of sp³-hybridized carbons (Fsp3) is 0.400. The molecule has 0 saturated carbocycles. The minimum absolute atomic E-state index is 0.612. The highest BCUT2D eigenvalue weighted by Crippen LogP contribution is 2.22. The molecule has 9 heteroatoms. The minimum atomic E-state index is 0.612. The number of fused-ring (bicyclic) bond motifs is 1. The number of hydrogen-bond donors (Lipinski definition) is 2. The Bertz CT molecular complexity index is 560. The predicted octanol–water partition coefficient (Wildman–Crippen LogP) is 0.0958. The maximum absolute atomic E-state index is 5.44. The number of nitrogens with two attached hydrogens (primary N) is 1. The van der Waals surface area contributed by atoms with E-state index in [2.05, 4.69) is 35.1 Å². The molecule has 0 aliphatic carbocycles. The Morgan fingerprint density at radius 3 is 3.05 bits per heavy atom. The molecule has 0 unspecified atom stereocenters. The lowest BCUT2D eigenvalue weighted by atomic mass is 10.3. The van der Waals surface area contributed by atoms with Gasteiger partial charge < -0.3 is 14.9 Å². The van der Waals surface area contributed by atoms with E-state index in [1.54, 1.807) is 6.33 Å². The molecule has 3 N–H and O–H groups in total. The lowest BCUT2D eigenvalue weighted by Gasteiger charge is -2.28. The average molecular weight is 278 g/mol. The third-order valence-electron chi connectivity index (χ3n) is 2.99. The molecule has 0 amide bonds. The molecule has 19 heavy (non-hydrogen) atoms. The zero-order valence-electron chi connectivity index (χ0n) is 10.4. The monoisotopic (exact) mass is 278 g/mol. The topological polar surface area (TPSA) is 97.8 Å². The number of rotatable bonds is 3. The Hall–Kier alpha value is -1.87. The van der Waals surface area contributed by atoms with Gasteiger partial charge in [0.15, 0.2) is 11.0 Å². The average Bonchev–Trinajstić information content (AvgIpc) is 2.94. The van der Waals surface area contributed by atoms with Crippen LogP contribution in [0.3, 0.4) is 0 Å². The van der Waals surface area contributed by atoms with Gasteiger partial charge in [-0.3, -0.25) is 0 Å². The molecule has 3 heterocycles. The zero-order chi connectivity index (χ0) is 13.2. The van der Waals surface area contributed by atoms with Gasteiger partial charge in [0.05, 0.1) is 6.54 Å². The first kappa shape index (κ1) is 12.2. The molecule has 0 aromatic carbocycles. The summed E-state index contributed by atoms with van der Waals surface area (Å²) in [5, 5.41) is 8.71. The van der Waals surface area contributed by atoms with Crippen molar-refractivity contribution in [3.63, 3.8) is 0 Å². The lowest BCUT2D eigenvalue weighted by molar-refractivity contribution is 0.554. The summed E-state index contributed by atoms with van der Waals surface area (Å²) < 4.78 is 2.05. The van der Waals surface area contributed by atoms with Crippen LogP contribution in [0.2, 0.25) is 0 Å². The van der Waals surface area contributed by atoms with Crippen molar-refractivity contribution in [2.45, 2.75) is 18.2 Å².